The van der Waals surface area contributed by atoms with Gasteiger partial charge in [-0.05, 0) is 19.4 Å². The van der Waals surface area contributed by atoms with Crippen molar-refractivity contribution in [3.8, 4) is 0 Å². The minimum Gasteiger partial charge on any atom is -0.501 e. The molecule has 0 amide bonds. The van der Waals surface area contributed by atoms with Crippen molar-refractivity contribution >= 4 is 0 Å². The quantitative estimate of drug-likeness (QED) is 0.460. The fraction of sp³-hybridized carbons (Fsp3) is 0.556. The molecule has 0 saturated carbocycles. The number of rotatable bonds is 4. The second kappa shape index (κ2) is 5.83. The number of allylic oxidation sites excluding steroid dienone is 3. The third-order valence-electron chi connectivity index (χ3n) is 1.31. The maximum Gasteiger partial charge on any atom is 0.118 e. The van der Waals surface area contributed by atoms with E-state index >= 15 is 0 Å². The van der Waals surface area contributed by atoms with Gasteiger partial charge in [0.1, 0.15) is 5.76 Å². The Morgan fingerprint density at radius 1 is 1.27 bits per heavy atom. The van der Waals surface area contributed by atoms with Gasteiger partial charge in [0.15, 0.2) is 0 Å². The van der Waals surface area contributed by atoms with Crippen LogP contribution in [0.4, 0.5) is 0 Å². The van der Waals surface area contributed by atoms with E-state index in [-0.39, 0.29) is 0 Å². The van der Waals surface area contributed by atoms with Crippen LogP contribution >= 0.6 is 0 Å². The molecule has 0 aromatic heterocycles. The van der Waals surface area contributed by atoms with Crippen LogP contribution in [0.15, 0.2) is 23.7 Å². The molecule has 0 rings (SSSR count). The van der Waals surface area contributed by atoms with Gasteiger partial charge in [-0.3, -0.25) is 0 Å². The highest BCUT2D eigenvalue weighted by atomic mass is 16.5. The van der Waals surface area contributed by atoms with Gasteiger partial charge in [-0.1, -0.05) is 6.92 Å². The average Bonchev–Trinajstić information content (AvgIpc) is 2.03. The molecule has 0 N–H and O–H groups in total. The van der Waals surface area contributed by atoms with E-state index in [2.05, 4.69) is 6.92 Å². The van der Waals surface area contributed by atoms with Crippen molar-refractivity contribution in [1.82, 2.24) is 0 Å². The molecular formula is C9H16O2. The summed E-state index contributed by atoms with van der Waals surface area (Å²) in [4.78, 5) is 0. The zero-order chi connectivity index (χ0) is 8.69. The Bertz CT molecular complexity index is 157. The lowest BCUT2D eigenvalue weighted by Gasteiger charge is -2.02. The van der Waals surface area contributed by atoms with Crippen molar-refractivity contribution in [3.63, 3.8) is 0 Å². The van der Waals surface area contributed by atoms with E-state index in [4.69, 9.17) is 9.47 Å². The Morgan fingerprint density at radius 2 is 1.91 bits per heavy atom. The molecule has 0 aliphatic heterocycles. The molecule has 0 saturated heterocycles. The largest absolute Gasteiger partial charge is 0.501 e. The van der Waals surface area contributed by atoms with Gasteiger partial charge in [-0.2, -0.15) is 0 Å². The van der Waals surface area contributed by atoms with Gasteiger partial charge in [0.25, 0.3) is 0 Å². The minimum atomic E-state index is 0.853. The van der Waals surface area contributed by atoms with Crippen molar-refractivity contribution in [1.29, 1.82) is 0 Å². The molecule has 0 heterocycles. The lowest BCUT2D eigenvalue weighted by Crippen LogP contribution is -1.85. The summed E-state index contributed by atoms with van der Waals surface area (Å²) in [6.07, 6.45) is 4.84. The lowest BCUT2D eigenvalue weighted by atomic mass is 10.3. The first-order valence-corrected chi connectivity index (χ1v) is 3.71. The van der Waals surface area contributed by atoms with E-state index in [1.165, 1.54) is 0 Å². The molecule has 11 heavy (non-hydrogen) atoms. The van der Waals surface area contributed by atoms with Gasteiger partial charge in [-0.15, -0.1) is 0 Å². The van der Waals surface area contributed by atoms with Crippen molar-refractivity contribution in [2.45, 2.75) is 20.3 Å². The molecule has 64 valence electrons. The Balaban J connectivity index is 4.17. The van der Waals surface area contributed by atoms with E-state index in [0.29, 0.717) is 0 Å². The first-order valence-electron chi connectivity index (χ1n) is 3.71. The number of methoxy groups -OCH3 is 2. The average molecular weight is 156 g/mol. The molecular weight excluding hydrogens is 140 g/mol. The Kier molecular flexibility index (Phi) is 5.35. The molecule has 0 aliphatic carbocycles. The van der Waals surface area contributed by atoms with E-state index < -0.39 is 0 Å². The summed E-state index contributed by atoms with van der Waals surface area (Å²) < 4.78 is 10.0. The SMILES string of the molecule is CC/C=C(\C=C(/C)OC)OC. The highest BCUT2D eigenvalue weighted by Gasteiger charge is 1.90. The molecule has 0 aromatic rings. The van der Waals surface area contributed by atoms with Crippen LogP contribution in [0.5, 0.6) is 0 Å². The molecule has 2 heteroatoms. The second-order valence-corrected chi connectivity index (χ2v) is 2.18. The predicted octanol–water partition coefficient (Wildman–Crippen LogP) is 2.48. The fourth-order valence-electron chi connectivity index (χ4n) is 0.662. The van der Waals surface area contributed by atoms with E-state index in [9.17, 15) is 0 Å². The van der Waals surface area contributed by atoms with Crippen LogP contribution in [0.25, 0.3) is 0 Å². The predicted molar refractivity (Wildman–Crippen MR) is 46.1 cm³/mol. The summed E-state index contributed by atoms with van der Waals surface area (Å²) in [5.41, 5.74) is 0. The summed E-state index contributed by atoms with van der Waals surface area (Å²) in [6.45, 7) is 3.96. The van der Waals surface area contributed by atoms with E-state index in [1.807, 2.05) is 19.1 Å². The smallest absolute Gasteiger partial charge is 0.118 e. The van der Waals surface area contributed by atoms with Crippen LogP contribution in [0.1, 0.15) is 20.3 Å². The summed E-state index contributed by atoms with van der Waals surface area (Å²) in [6, 6.07) is 0. The minimum absolute atomic E-state index is 0.853. The zero-order valence-electron chi connectivity index (χ0n) is 7.68. The van der Waals surface area contributed by atoms with E-state index in [0.717, 1.165) is 17.9 Å². The summed E-state index contributed by atoms with van der Waals surface area (Å²) in [7, 11) is 3.30. The van der Waals surface area contributed by atoms with Crippen molar-refractivity contribution < 1.29 is 9.47 Å². The summed E-state index contributed by atoms with van der Waals surface area (Å²) >= 11 is 0. The van der Waals surface area contributed by atoms with Crippen molar-refractivity contribution in [2.75, 3.05) is 14.2 Å². The van der Waals surface area contributed by atoms with Gasteiger partial charge < -0.3 is 9.47 Å². The highest BCUT2D eigenvalue weighted by molar-refractivity contribution is 5.13. The van der Waals surface area contributed by atoms with Crippen molar-refractivity contribution in [3.05, 3.63) is 23.7 Å². The van der Waals surface area contributed by atoms with Crippen LogP contribution in [-0.4, -0.2) is 14.2 Å². The molecule has 0 atom stereocenters. The summed E-state index contributed by atoms with van der Waals surface area (Å²) in [5, 5.41) is 0. The Hall–Kier alpha value is -0.920. The van der Waals surface area contributed by atoms with Gasteiger partial charge in [-0.25, -0.2) is 0 Å². The van der Waals surface area contributed by atoms with Gasteiger partial charge in [0.05, 0.1) is 20.0 Å². The second-order valence-electron chi connectivity index (χ2n) is 2.18. The van der Waals surface area contributed by atoms with Crippen LogP contribution < -0.4 is 0 Å². The normalized spacial score (nSPS) is 13.1. The first kappa shape index (κ1) is 10.1. The van der Waals surface area contributed by atoms with Gasteiger partial charge in [0.2, 0.25) is 0 Å². The molecule has 0 radical (unpaired) electrons. The van der Waals surface area contributed by atoms with Crippen LogP contribution in [0.3, 0.4) is 0 Å². The maximum atomic E-state index is 5.07. The summed E-state index contributed by atoms with van der Waals surface area (Å²) in [5.74, 6) is 1.71. The molecule has 0 spiro atoms. The maximum absolute atomic E-state index is 5.07. The van der Waals surface area contributed by atoms with Crippen LogP contribution in [0.2, 0.25) is 0 Å². The first-order chi connectivity index (χ1) is 5.24. The third-order valence-corrected chi connectivity index (χ3v) is 1.31. The van der Waals surface area contributed by atoms with Gasteiger partial charge >= 0.3 is 0 Å². The Labute approximate surface area is 68.5 Å². The number of hydrogen-bond donors (Lipinski definition) is 0. The highest BCUT2D eigenvalue weighted by Crippen LogP contribution is 2.04. The molecule has 0 aromatic carbocycles. The standard InChI is InChI=1S/C9H16O2/c1-5-6-9(11-4)7-8(2)10-3/h6-7H,5H2,1-4H3/b8-7+,9-6+. The third kappa shape index (κ3) is 4.48. The molecule has 0 aliphatic rings. The van der Waals surface area contributed by atoms with Crippen molar-refractivity contribution in [2.24, 2.45) is 0 Å². The lowest BCUT2D eigenvalue weighted by molar-refractivity contribution is 0.276. The molecule has 0 fully saturated rings. The molecule has 0 bridgehead atoms. The van der Waals surface area contributed by atoms with Gasteiger partial charge in [0, 0.05) is 6.08 Å². The Morgan fingerprint density at radius 3 is 2.27 bits per heavy atom. The number of ether oxygens (including phenoxy) is 2. The van der Waals surface area contributed by atoms with E-state index in [1.54, 1.807) is 14.2 Å². The fourth-order valence-corrected chi connectivity index (χ4v) is 0.662. The van der Waals surface area contributed by atoms with Crippen LogP contribution in [0, 0.1) is 0 Å². The number of hydrogen-bond acceptors (Lipinski definition) is 2. The van der Waals surface area contributed by atoms with Crippen LogP contribution in [-0.2, 0) is 9.47 Å². The molecule has 0 unspecified atom stereocenters. The monoisotopic (exact) mass is 156 g/mol. The molecule has 2 nitrogen and oxygen atoms in total. The topological polar surface area (TPSA) is 18.5 Å². The zero-order valence-corrected chi connectivity index (χ0v) is 7.68.